The molecule has 3 heterocycles. The van der Waals surface area contributed by atoms with Crippen LogP contribution < -0.4 is 0 Å². The average Bonchev–Trinajstić information content (AvgIpc) is 2.99. The lowest BCUT2D eigenvalue weighted by atomic mass is 9.94. The van der Waals surface area contributed by atoms with Gasteiger partial charge in [-0.15, -0.1) is 0 Å². The van der Waals surface area contributed by atoms with Crippen molar-refractivity contribution in [2.45, 2.75) is 32.7 Å². The van der Waals surface area contributed by atoms with Crippen LogP contribution in [0.4, 0.5) is 8.78 Å². The number of hydrogen-bond acceptors (Lipinski definition) is 4. The number of alkyl halides is 2. The van der Waals surface area contributed by atoms with Crippen LogP contribution in [0.5, 0.6) is 5.75 Å². The van der Waals surface area contributed by atoms with Gasteiger partial charge in [-0.2, -0.15) is 5.10 Å². The summed E-state index contributed by atoms with van der Waals surface area (Å²) in [5.74, 6) is -3.29. The first-order valence-corrected chi connectivity index (χ1v) is 9.44. The van der Waals surface area contributed by atoms with Crippen LogP contribution >= 0.6 is 0 Å². The van der Waals surface area contributed by atoms with Gasteiger partial charge in [0.15, 0.2) is 5.65 Å². The quantitative estimate of drug-likeness (QED) is 0.739. The first-order valence-electron chi connectivity index (χ1n) is 9.44. The Balaban J connectivity index is 1.66. The van der Waals surface area contributed by atoms with Crippen LogP contribution in [0.2, 0.25) is 0 Å². The molecule has 0 saturated carbocycles. The van der Waals surface area contributed by atoms with Gasteiger partial charge >= 0.3 is 0 Å². The molecule has 1 aromatic carbocycles. The third kappa shape index (κ3) is 3.46. The summed E-state index contributed by atoms with van der Waals surface area (Å²) < 4.78 is 30.1. The van der Waals surface area contributed by atoms with E-state index in [1.807, 2.05) is 44.0 Å². The highest BCUT2D eigenvalue weighted by Gasteiger charge is 2.43. The van der Waals surface area contributed by atoms with Crippen molar-refractivity contribution < 1.29 is 13.9 Å². The van der Waals surface area contributed by atoms with Crippen molar-refractivity contribution >= 4 is 11.0 Å². The summed E-state index contributed by atoms with van der Waals surface area (Å²) in [6.07, 6.45) is 1.64. The van der Waals surface area contributed by atoms with Gasteiger partial charge in [0, 0.05) is 36.7 Å². The van der Waals surface area contributed by atoms with E-state index in [-0.39, 0.29) is 18.7 Å². The van der Waals surface area contributed by atoms with Crippen molar-refractivity contribution in [2.24, 2.45) is 5.92 Å². The maximum atomic E-state index is 14.3. The molecule has 0 amide bonds. The van der Waals surface area contributed by atoms with Crippen LogP contribution in [0, 0.1) is 19.8 Å². The number of aromatic nitrogens is 3. The summed E-state index contributed by atoms with van der Waals surface area (Å²) in [4.78, 5) is 6.51. The molecule has 1 aliphatic rings. The molecule has 4 rings (SSSR count). The van der Waals surface area contributed by atoms with Crippen molar-refractivity contribution in [1.29, 1.82) is 0 Å². The molecule has 28 heavy (non-hydrogen) atoms. The maximum Gasteiger partial charge on any atom is 0.255 e. The molecule has 3 aromatic rings. The SMILES string of the molecule is Cc1cc(C)c(-c2ccc3cn(C[C@@H]4CN(C)CCC4(F)F)nc3n2)c(O)c1. The number of pyridine rings is 1. The lowest BCUT2D eigenvalue weighted by Crippen LogP contribution is -2.47. The van der Waals surface area contributed by atoms with Gasteiger partial charge in [0.25, 0.3) is 5.92 Å². The first kappa shape index (κ1) is 18.8. The summed E-state index contributed by atoms with van der Waals surface area (Å²) in [5.41, 5.74) is 3.68. The largest absolute Gasteiger partial charge is 0.507 e. The standard InChI is InChI=1S/C21H24F2N4O/c1-13-8-14(2)19(18(28)9-13)17-5-4-15-10-27(25-20(15)24-17)12-16-11-26(3)7-6-21(16,22)23/h4-5,8-10,16,28H,6-7,11-12H2,1-3H3/t16-/m0/s1. The van der Waals surface area contributed by atoms with Crippen LogP contribution in [0.1, 0.15) is 17.5 Å². The normalized spacial score (nSPS) is 20.0. The molecule has 0 radical (unpaired) electrons. The fraction of sp³-hybridized carbons (Fsp3) is 0.429. The fourth-order valence-corrected chi connectivity index (χ4v) is 4.02. The van der Waals surface area contributed by atoms with E-state index in [0.29, 0.717) is 30.0 Å². The Morgan fingerprint density at radius 1 is 1.25 bits per heavy atom. The third-order valence-corrected chi connectivity index (χ3v) is 5.50. The molecular weight excluding hydrogens is 362 g/mol. The number of piperidine rings is 1. The molecule has 0 spiro atoms. The van der Waals surface area contributed by atoms with Crippen molar-refractivity contribution in [1.82, 2.24) is 19.7 Å². The van der Waals surface area contributed by atoms with E-state index in [0.717, 1.165) is 16.5 Å². The van der Waals surface area contributed by atoms with E-state index in [1.165, 1.54) is 0 Å². The number of hydrogen-bond donors (Lipinski definition) is 1. The van der Waals surface area contributed by atoms with Gasteiger partial charge in [-0.1, -0.05) is 6.07 Å². The molecule has 1 aliphatic heterocycles. The van der Waals surface area contributed by atoms with E-state index >= 15 is 0 Å². The van der Waals surface area contributed by atoms with Crippen LogP contribution in [0.3, 0.4) is 0 Å². The molecule has 0 unspecified atom stereocenters. The van der Waals surface area contributed by atoms with Gasteiger partial charge in [0.2, 0.25) is 0 Å². The van der Waals surface area contributed by atoms with E-state index in [9.17, 15) is 13.9 Å². The minimum absolute atomic E-state index is 0.122. The predicted molar refractivity (Wildman–Crippen MR) is 105 cm³/mol. The van der Waals surface area contributed by atoms with E-state index in [2.05, 4.69) is 10.1 Å². The Morgan fingerprint density at radius 2 is 2.04 bits per heavy atom. The summed E-state index contributed by atoms with van der Waals surface area (Å²) in [6, 6.07) is 7.38. The van der Waals surface area contributed by atoms with Crippen molar-refractivity contribution in [2.75, 3.05) is 20.1 Å². The topological polar surface area (TPSA) is 54.2 Å². The molecule has 7 heteroatoms. The van der Waals surface area contributed by atoms with E-state index in [1.54, 1.807) is 16.9 Å². The smallest absolute Gasteiger partial charge is 0.255 e. The highest BCUT2D eigenvalue weighted by molar-refractivity contribution is 5.80. The number of rotatable bonds is 3. The molecule has 1 atom stereocenters. The number of likely N-dealkylation sites (tertiary alicyclic amines) is 1. The minimum Gasteiger partial charge on any atom is -0.507 e. The number of halogens is 2. The number of fused-ring (bicyclic) bond motifs is 1. The second-order valence-electron chi connectivity index (χ2n) is 7.91. The zero-order chi connectivity index (χ0) is 20.1. The molecule has 5 nitrogen and oxygen atoms in total. The molecule has 1 N–H and O–H groups in total. The Hall–Kier alpha value is -2.54. The fourth-order valence-electron chi connectivity index (χ4n) is 4.02. The van der Waals surface area contributed by atoms with Gasteiger partial charge in [0.05, 0.1) is 18.2 Å². The molecule has 1 saturated heterocycles. The highest BCUT2D eigenvalue weighted by Crippen LogP contribution is 2.35. The molecule has 2 aromatic heterocycles. The number of phenols is 1. The Kier molecular flexibility index (Phi) is 4.57. The maximum absolute atomic E-state index is 14.3. The second-order valence-corrected chi connectivity index (χ2v) is 7.91. The monoisotopic (exact) mass is 386 g/mol. The van der Waals surface area contributed by atoms with Gasteiger partial charge in [0.1, 0.15) is 5.75 Å². The number of phenolic OH excluding ortho intramolecular Hbond substituents is 1. The van der Waals surface area contributed by atoms with Gasteiger partial charge < -0.3 is 10.0 Å². The zero-order valence-corrected chi connectivity index (χ0v) is 16.3. The summed E-state index contributed by atoms with van der Waals surface area (Å²) in [6.45, 7) is 4.76. The predicted octanol–water partition coefficient (Wildman–Crippen LogP) is 4.01. The number of aromatic hydroxyl groups is 1. The van der Waals surface area contributed by atoms with Crippen LogP contribution in [-0.4, -0.2) is 50.8 Å². The third-order valence-electron chi connectivity index (χ3n) is 5.50. The number of benzene rings is 1. The molecular formula is C21H24F2N4O. The summed E-state index contributed by atoms with van der Waals surface area (Å²) in [7, 11) is 1.87. The van der Waals surface area contributed by atoms with Gasteiger partial charge in [-0.25, -0.2) is 13.8 Å². The lowest BCUT2D eigenvalue weighted by molar-refractivity contribution is -0.107. The molecule has 148 valence electrons. The van der Waals surface area contributed by atoms with Crippen LogP contribution in [0.15, 0.2) is 30.5 Å². The summed E-state index contributed by atoms with van der Waals surface area (Å²) >= 11 is 0. The van der Waals surface area contributed by atoms with Crippen LogP contribution in [-0.2, 0) is 6.54 Å². The molecule has 1 fully saturated rings. The van der Waals surface area contributed by atoms with E-state index < -0.39 is 11.8 Å². The van der Waals surface area contributed by atoms with Gasteiger partial charge in [-0.05, 0) is 50.2 Å². The molecule has 0 bridgehead atoms. The minimum atomic E-state index is -2.69. The van der Waals surface area contributed by atoms with E-state index in [4.69, 9.17) is 0 Å². The van der Waals surface area contributed by atoms with Gasteiger partial charge in [-0.3, -0.25) is 4.68 Å². The summed E-state index contributed by atoms with van der Waals surface area (Å²) in [5, 5.41) is 15.6. The second kappa shape index (κ2) is 6.81. The number of nitrogens with zero attached hydrogens (tertiary/aromatic N) is 4. The average molecular weight is 386 g/mol. The highest BCUT2D eigenvalue weighted by atomic mass is 19.3. The Bertz CT molecular complexity index is 1010. The van der Waals surface area contributed by atoms with Crippen molar-refractivity contribution in [3.05, 3.63) is 41.6 Å². The Labute approximate surface area is 162 Å². The zero-order valence-electron chi connectivity index (χ0n) is 16.3. The Morgan fingerprint density at radius 3 is 2.79 bits per heavy atom. The van der Waals surface area contributed by atoms with Crippen LogP contribution in [0.25, 0.3) is 22.3 Å². The molecule has 0 aliphatic carbocycles. The number of aryl methyl sites for hydroxylation is 2. The van der Waals surface area contributed by atoms with Crippen molar-refractivity contribution in [3.63, 3.8) is 0 Å². The lowest BCUT2D eigenvalue weighted by Gasteiger charge is -2.36. The first-order chi connectivity index (χ1) is 13.2. The van der Waals surface area contributed by atoms with Crippen molar-refractivity contribution in [3.8, 4) is 17.0 Å².